The summed E-state index contributed by atoms with van der Waals surface area (Å²) in [6.45, 7) is 0. The Morgan fingerprint density at radius 3 is 2.43 bits per heavy atom. The van der Waals surface area contributed by atoms with E-state index in [1.807, 2.05) is 42.5 Å². The molecule has 1 aromatic heterocycles. The fraction of sp³-hybridized carbons (Fsp3) is 0. The van der Waals surface area contributed by atoms with Gasteiger partial charge in [0.1, 0.15) is 0 Å². The molecule has 0 bridgehead atoms. The Morgan fingerprint density at radius 1 is 0.857 bits per heavy atom. The van der Waals surface area contributed by atoms with Gasteiger partial charge in [-0.25, -0.2) is 9.97 Å². The third-order valence-corrected chi connectivity index (χ3v) is 3.64. The zero-order chi connectivity index (χ0) is 14.7. The number of nitrogens with one attached hydrogen (secondary N) is 1. The quantitative estimate of drug-likeness (QED) is 0.722. The molecular formula is C16H11Cl2N3. The van der Waals surface area contributed by atoms with Gasteiger partial charge in [0.05, 0.1) is 15.7 Å². The van der Waals surface area contributed by atoms with Gasteiger partial charge in [0.25, 0.3) is 0 Å². The van der Waals surface area contributed by atoms with Crippen LogP contribution in [-0.4, -0.2) is 9.97 Å². The molecule has 0 spiro atoms. The van der Waals surface area contributed by atoms with Crippen molar-refractivity contribution in [2.45, 2.75) is 0 Å². The van der Waals surface area contributed by atoms with E-state index in [-0.39, 0.29) is 0 Å². The first-order chi connectivity index (χ1) is 10.2. The number of halogens is 2. The average Bonchev–Trinajstić information content (AvgIpc) is 2.51. The highest BCUT2D eigenvalue weighted by Crippen LogP contribution is 2.28. The number of anilines is 2. The molecule has 104 valence electrons. The summed E-state index contributed by atoms with van der Waals surface area (Å²) >= 11 is 12.0. The Hall–Kier alpha value is -2.10. The van der Waals surface area contributed by atoms with Crippen LogP contribution in [-0.2, 0) is 0 Å². The van der Waals surface area contributed by atoms with Crippen LogP contribution in [0.2, 0.25) is 10.0 Å². The van der Waals surface area contributed by atoms with Gasteiger partial charge in [-0.15, -0.1) is 0 Å². The highest BCUT2D eigenvalue weighted by molar-refractivity contribution is 6.42. The summed E-state index contributed by atoms with van der Waals surface area (Å²) in [4.78, 5) is 8.70. The maximum atomic E-state index is 6.04. The lowest BCUT2D eigenvalue weighted by molar-refractivity contribution is 1.17. The smallest absolute Gasteiger partial charge is 0.227 e. The second-order valence-corrected chi connectivity index (χ2v) is 5.20. The molecule has 0 aliphatic heterocycles. The Labute approximate surface area is 132 Å². The standard InChI is InChI=1S/C16H11Cl2N3/c17-13-7-6-11(10-14(13)18)15-8-9-19-16(21-15)20-12-4-2-1-3-5-12/h1-10H,(H,19,20,21). The first-order valence-corrected chi connectivity index (χ1v) is 7.08. The summed E-state index contributed by atoms with van der Waals surface area (Å²) in [6.07, 6.45) is 1.70. The lowest BCUT2D eigenvalue weighted by Gasteiger charge is -2.07. The van der Waals surface area contributed by atoms with Gasteiger partial charge < -0.3 is 5.32 Å². The summed E-state index contributed by atoms with van der Waals surface area (Å²) < 4.78 is 0. The minimum atomic E-state index is 0.505. The van der Waals surface area contributed by atoms with Crippen molar-refractivity contribution < 1.29 is 0 Å². The molecule has 2 aromatic carbocycles. The number of para-hydroxylation sites is 1. The Morgan fingerprint density at radius 2 is 1.67 bits per heavy atom. The van der Waals surface area contributed by atoms with E-state index in [0.717, 1.165) is 16.9 Å². The fourth-order valence-electron chi connectivity index (χ4n) is 1.89. The van der Waals surface area contributed by atoms with Crippen LogP contribution in [0.4, 0.5) is 11.6 Å². The number of hydrogen-bond acceptors (Lipinski definition) is 3. The van der Waals surface area contributed by atoms with Crippen LogP contribution >= 0.6 is 23.2 Å². The van der Waals surface area contributed by atoms with E-state index in [4.69, 9.17) is 23.2 Å². The van der Waals surface area contributed by atoms with Crippen LogP contribution in [0.5, 0.6) is 0 Å². The molecule has 1 N–H and O–H groups in total. The van der Waals surface area contributed by atoms with Gasteiger partial charge in [-0.3, -0.25) is 0 Å². The molecule has 3 nitrogen and oxygen atoms in total. The SMILES string of the molecule is Clc1ccc(-c2ccnc(Nc3ccccc3)n2)cc1Cl. The Balaban J connectivity index is 1.91. The van der Waals surface area contributed by atoms with Crippen molar-refractivity contribution in [3.8, 4) is 11.3 Å². The number of benzene rings is 2. The maximum Gasteiger partial charge on any atom is 0.227 e. The molecule has 0 atom stereocenters. The molecule has 0 radical (unpaired) electrons. The number of hydrogen-bond donors (Lipinski definition) is 1. The average molecular weight is 316 g/mol. The van der Waals surface area contributed by atoms with Crippen LogP contribution in [0.25, 0.3) is 11.3 Å². The third-order valence-electron chi connectivity index (χ3n) is 2.90. The summed E-state index contributed by atoms with van der Waals surface area (Å²) in [5.41, 5.74) is 2.61. The molecule has 21 heavy (non-hydrogen) atoms. The molecule has 0 saturated heterocycles. The summed E-state index contributed by atoms with van der Waals surface area (Å²) in [5.74, 6) is 0.532. The predicted octanol–water partition coefficient (Wildman–Crippen LogP) is 5.19. The van der Waals surface area contributed by atoms with E-state index in [9.17, 15) is 0 Å². The van der Waals surface area contributed by atoms with Crippen molar-refractivity contribution in [3.63, 3.8) is 0 Å². The van der Waals surface area contributed by atoms with Crippen molar-refractivity contribution in [2.24, 2.45) is 0 Å². The van der Waals surface area contributed by atoms with Gasteiger partial charge >= 0.3 is 0 Å². The van der Waals surface area contributed by atoms with E-state index < -0.39 is 0 Å². The molecular weight excluding hydrogens is 305 g/mol. The lowest BCUT2D eigenvalue weighted by Crippen LogP contribution is -1.97. The number of rotatable bonds is 3. The van der Waals surface area contributed by atoms with Gasteiger partial charge in [-0.1, -0.05) is 47.5 Å². The van der Waals surface area contributed by atoms with Crippen LogP contribution in [0.3, 0.4) is 0 Å². The Kier molecular flexibility index (Phi) is 4.04. The predicted molar refractivity (Wildman–Crippen MR) is 87.2 cm³/mol. The zero-order valence-corrected chi connectivity index (χ0v) is 12.4. The molecule has 0 aliphatic carbocycles. The summed E-state index contributed by atoms with van der Waals surface area (Å²) in [6, 6.07) is 17.0. The van der Waals surface area contributed by atoms with E-state index in [0.29, 0.717) is 16.0 Å². The molecule has 3 rings (SSSR count). The largest absolute Gasteiger partial charge is 0.324 e. The highest BCUT2D eigenvalue weighted by atomic mass is 35.5. The van der Waals surface area contributed by atoms with Crippen LogP contribution in [0.15, 0.2) is 60.8 Å². The number of nitrogens with zero attached hydrogens (tertiary/aromatic N) is 2. The van der Waals surface area contributed by atoms with Crippen LogP contribution < -0.4 is 5.32 Å². The normalized spacial score (nSPS) is 10.4. The summed E-state index contributed by atoms with van der Waals surface area (Å²) in [7, 11) is 0. The molecule has 0 saturated carbocycles. The van der Waals surface area contributed by atoms with E-state index >= 15 is 0 Å². The monoisotopic (exact) mass is 315 g/mol. The van der Waals surface area contributed by atoms with E-state index in [1.165, 1.54) is 0 Å². The third kappa shape index (κ3) is 3.32. The van der Waals surface area contributed by atoms with Crippen molar-refractivity contribution in [1.29, 1.82) is 0 Å². The second kappa shape index (κ2) is 6.12. The van der Waals surface area contributed by atoms with Crippen molar-refractivity contribution >= 4 is 34.8 Å². The molecule has 1 heterocycles. The Bertz CT molecular complexity index is 760. The first kappa shape index (κ1) is 13.9. The van der Waals surface area contributed by atoms with Crippen LogP contribution in [0.1, 0.15) is 0 Å². The van der Waals surface area contributed by atoms with Gasteiger partial charge in [-0.2, -0.15) is 0 Å². The molecule has 0 unspecified atom stereocenters. The lowest BCUT2D eigenvalue weighted by atomic mass is 10.1. The number of aromatic nitrogens is 2. The van der Waals surface area contributed by atoms with Crippen molar-refractivity contribution in [3.05, 3.63) is 70.8 Å². The molecule has 0 amide bonds. The van der Waals surface area contributed by atoms with Gasteiger partial charge in [-0.05, 0) is 30.3 Å². The molecule has 0 fully saturated rings. The molecule has 0 aliphatic rings. The van der Waals surface area contributed by atoms with Crippen molar-refractivity contribution in [2.75, 3.05) is 5.32 Å². The van der Waals surface area contributed by atoms with E-state index in [2.05, 4.69) is 15.3 Å². The van der Waals surface area contributed by atoms with Crippen molar-refractivity contribution in [1.82, 2.24) is 9.97 Å². The topological polar surface area (TPSA) is 37.8 Å². The second-order valence-electron chi connectivity index (χ2n) is 4.39. The van der Waals surface area contributed by atoms with Gasteiger partial charge in [0.2, 0.25) is 5.95 Å². The minimum Gasteiger partial charge on any atom is -0.324 e. The molecule has 5 heteroatoms. The minimum absolute atomic E-state index is 0.505. The fourth-order valence-corrected chi connectivity index (χ4v) is 2.18. The van der Waals surface area contributed by atoms with Gasteiger partial charge in [0.15, 0.2) is 0 Å². The zero-order valence-electron chi connectivity index (χ0n) is 10.9. The molecule has 3 aromatic rings. The summed E-state index contributed by atoms with van der Waals surface area (Å²) in [5, 5.41) is 4.19. The maximum absolute atomic E-state index is 6.04. The van der Waals surface area contributed by atoms with Gasteiger partial charge in [0, 0.05) is 17.4 Å². The first-order valence-electron chi connectivity index (χ1n) is 6.33. The highest BCUT2D eigenvalue weighted by Gasteiger charge is 2.05. The van der Waals surface area contributed by atoms with Crippen LogP contribution in [0, 0.1) is 0 Å². The van der Waals surface area contributed by atoms with E-state index in [1.54, 1.807) is 18.3 Å².